The number of methoxy groups -OCH3 is 1. The predicted molar refractivity (Wildman–Crippen MR) is 73.1 cm³/mol. The van der Waals surface area contributed by atoms with Crippen molar-refractivity contribution in [2.75, 3.05) is 12.4 Å². The molecule has 8 heteroatoms. The number of hydrogen-bond acceptors (Lipinski definition) is 4. The summed E-state index contributed by atoms with van der Waals surface area (Å²) in [5.41, 5.74) is 0.562. The maximum Gasteiger partial charge on any atom is 0.272 e. The van der Waals surface area contributed by atoms with Gasteiger partial charge in [-0.3, -0.25) is 4.79 Å². The van der Waals surface area contributed by atoms with Crippen molar-refractivity contribution in [2.45, 2.75) is 4.90 Å². The van der Waals surface area contributed by atoms with Gasteiger partial charge in [0.05, 0.1) is 17.7 Å². The van der Waals surface area contributed by atoms with Crippen molar-refractivity contribution in [1.29, 1.82) is 0 Å². The highest BCUT2D eigenvalue weighted by Crippen LogP contribution is 2.27. The number of anilines is 1. The Bertz CT molecular complexity index is 723. The van der Waals surface area contributed by atoms with Crippen LogP contribution < -0.4 is 15.2 Å². The number of ether oxygens (including phenoxy) is 1. The number of carbonyl (C=O) groups is 1. The maximum atomic E-state index is 11.9. The third-order valence-electron chi connectivity index (χ3n) is 2.59. The first-order valence-corrected chi connectivity index (χ1v) is 7.12. The minimum absolute atomic E-state index is 0.111. The first kappa shape index (κ1) is 14.1. The topological polar surface area (TPSA) is 114 Å². The van der Waals surface area contributed by atoms with E-state index in [0.717, 1.165) is 0 Å². The summed E-state index contributed by atoms with van der Waals surface area (Å²) in [4.78, 5) is 14.6. The quantitative estimate of drug-likeness (QED) is 0.778. The van der Waals surface area contributed by atoms with Crippen molar-refractivity contribution in [3.8, 4) is 5.75 Å². The molecule has 0 aliphatic rings. The highest BCUT2D eigenvalue weighted by molar-refractivity contribution is 7.89. The van der Waals surface area contributed by atoms with Gasteiger partial charge in [-0.05, 0) is 30.3 Å². The predicted octanol–water partition coefficient (Wildman–Crippen LogP) is 0.923. The van der Waals surface area contributed by atoms with Gasteiger partial charge in [0.2, 0.25) is 10.0 Å². The van der Waals surface area contributed by atoms with Crippen LogP contribution in [0.3, 0.4) is 0 Å². The lowest BCUT2D eigenvalue weighted by Crippen LogP contribution is -2.15. The van der Waals surface area contributed by atoms with E-state index in [0.29, 0.717) is 11.4 Å². The number of H-pyrrole nitrogens is 1. The zero-order chi connectivity index (χ0) is 14.8. The molecule has 0 saturated carbocycles. The number of primary sulfonamides is 1. The fraction of sp³-hybridized carbons (Fsp3) is 0.0833. The van der Waals surface area contributed by atoms with Crippen molar-refractivity contribution in [2.24, 2.45) is 5.14 Å². The van der Waals surface area contributed by atoms with Gasteiger partial charge >= 0.3 is 0 Å². The first-order valence-electron chi connectivity index (χ1n) is 5.57. The number of aromatic nitrogens is 1. The smallest absolute Gasteiger partial charge is 0.272 e. The SMILES string of the molecule is COc1ccc(S(N)(=O)=O)cc1NC(=O)c1ccc[nH]1. The summed E-state index contributed by atoms with van der Waals surface area (Å²) in [6, 6.07) is 7.23. The van der Waals surface area contributed by atoms with E-state index in [1.165, 1.54) is 25.3 Å². The number of aromatic amines is 1. The molecule has 1 amide bonds. The third kappa shape index (κ3) is 2.98. The molecule has 1 aromatic heterocycles. The third-order valence-corrected chi connectivity index (χ3v) is 3.50. The normalized spacial score (nSPS) is 11.1. The second-order valence-electron chi connectivity index (χ2n) is 3.95. The zero-order valence-electron chi connectivity index (χ0n) is 10.6. The van der Waals surface area contributed by atoms with Crippen molar-refractivity contribution in [1.82, 2.24) is 4.98 Å². The van der Waals surface area contributed by atoms with Crippen molar-refractivity contribution >= 4 is 21.6 Å². The van der Waals surface area contributed by atoms with E-state index in [4.69, 9.17) is 9.88 Å². The monoisotopic (exact) mass is 295 g/mol. The lowest BCUT2D eigenvalue weighted by Gasteiger charge is -2.11. The van der Waals surface area contributed by atoms with Gasteiger partial charge in [-0.15, -0.1) is 0 Å². The summed E-state index contributed by atoms with van der Waals surface area (Å²) >= 11 is 0. The van der Waals surface area contributed by atoms with E-state index in [1.54, 1.807) is 18.3 Å². The summed E-state index contributed by atoms with van der Waals surface area (Å²) < 4.78 is 27.7. The van der Waals surface area contributed by atoms with E-state index >= 15 is 0 Å². The Hall–Kier alpha value is -2.32. The van der Waals surface area contributed by atoms with Gasteiger partial charge < -0.3 is 15.0 Å². The average Bonchev–Trinajstić information content (AvgIpc) is 2.91. The number of nitrogens with one attached hydrogen (secondary N) is 2. The lowest BCUT2D eigenvalue weighted by atomic mass is 10.2. The second-order valence-corrected chi connectivity index (χ2v) is 5.51. The van der Waals surface area contributed by atoms with Crippen LogP contribution in [0.2, 0.25) is 0 Å². The largest absolute Gasteiger partial charge is 0.495 e. The highest BCUT2D eigenvalue weighted by atomic mass is 32.2. The van der Waals surface area contributed by atoms with Gasteiger partial charge in [0.25, 0.3) is 5.91 Å². The van der Waals surface area contributed by atoms with Crippen LogP contribution in [0.5, 0.6) is 5.75 Å². The van der Waals surface area contributed by atoms with Gasteiger partial charge in [0.1, 0.15) is 11.4 Å². The number of amides is 1. The number of rotatable bonds is 4. The molecule has 0 saturated heterocycles. The number of hydrogen-bond donors (Lipinski definition) is 3. The number of sulfonamides is 1. The van der Waals surface area contributed by atoms with Gasteiger partial charge in [0, 0.05) is 6.20 Å². The molecule has 106 valence electrons. The molecular formula is C12H13N3O4S. The molecule has 0 atom stereocenters. The minimum atomic E-state index is -3.85. The molecule has 0 bridgehead atoms. The lowest BCUT2D eigenvalue weighted by molar-refractivity contribution is 0.102. The van der Waals surface area contributed by atoms with E-state index < -0.39 is 15.9 Å². The molecule has 0 aliphatic heterocycles. The van der Waals surface area contributed by atoms with Crippen LogP contribution in [0.25, 0.3) is 0 Å². The van der Waals surface area contributed by atoms with Crippen LogP contribution in [-0.4, -0.2) is 26.4 Å². The molecule has 0 unspecified atom stereocenters. The van der Waals surface area contributed by atoms with Gasteiger partial charge in [0.15, 0.2) is 0 Å². The van der Waals surface area contributed by atoms with Gasteiger partial charge in [-0.1, -0.05) is 0 Å². The fourth-order valence-corrected chi connectivity index (χ4v) is 2.16. The van der Waals surface area contributed by atoms with E-state index in [2.05, 4.69) is 10.3 Å². The van der Waals surface area contributed by atoms with Crippen LogP contribution in [0.4, 0.5) is 5.69 Å². The molecule has 2 aromatic rings. The molecule has 4 N–H and O–H groups in total. The summed E-state index contributed by atoms with van der Waals surface area (Å²) in [7, 11) is -2.44. The van der Waals surface area contributed by atoms with Gasteiger partial charge in [-0.2, -0.15) is 0 Å². The minimum Gasteiger partial charge on any atom is -0.495 e. The Labute approximate surface area is 115 Å². The number of nitrogens with two attached hydrogens (primary N) is 1. The molecule has 0 aliphatic carbocycles. The van der Waals surface area contributed by atoms with E-state index in [1.807, 2.05) is 0 Å². The Balaban J connectivity index is 2.37. The van der Waals surface area contributed by atoms with Crippen LogP contribution in [0.1, 0.15) is 10.5 Å². The molecule has 0 fully saturated rings. The van der Waals surface area contributed by atoms with Crippen LogP contribution in [0, 0.1) is 0 Å². The standard InChI is InChI=1S/C12H13N3O4S/c1-19-11-5-4-8(20(13,17)18)7-10(11)15-12(16)9-3-2-6-14-9/h2-7,14H,1H3,(H,15,16)(H2,13,17,18). The van der Waals surface area contributed by atoms with Crippen LogP contribution in [0.15, 0.2) is 41.4 Å². The number of benzene rings is 1. The summed E-state index contributed by atoms with van der Waals surface area (Å²) in [5, 5.41) is 7.62. The first-order chi connectivity index (χ1) is 9.41. The number of carbonyl (C=O) groups excluding carboxylic acids is 1. The average molecular weight is 295 g/mol. The summed E-state index contributed by atoms with van der Waals surface area (Å²) in [5.74, 6) is -0.0859. The molecular weight excluding hydrogens is 282 g/mol. The molecule has 20 heavy (non-hydrogen) atoms. The van der Waals surface area contributed by atoms with Crippen LogP contribution in [-0.2, 0) is 10.0 Å². The molecule has 1 aromatic carbocycles. The Morgan fingerprint density at radius 2 is 2.10 bits per heavy atom. The van der Waals surface area contributed by atoms with E-state index in [9.17, 15) is 13.2 Å². The molecule has 2 rings (SSSR count). The molecule has 7 nitrogen and oxygen atoms in total. The van der Waals surface area contributed by atoms with Crippen molar-refractivity contribution < 1.29 is 17.9 Å². The fourth-order valence-electron chi connectivity index (χ4n) is 1.62. The Morgan fingerprint density at radius 1 is 1.35 bits per heavy atom. The Kier molecular flexibility index (Phi) is 3.77. The summed E-state index contributed by atoms with van der Waals surface area (Å²) in [6.07, 6.45) is 1.60. The highest BCUT2D eigenvalue weighted by Gasteiger charge is 2.15. The Morgan fingerprint density at radius 3 is 2.65 bits per heavy atom. The maximum absolute atomic E-state index is 11.9. The molecule has 1 heterocycles. The van der Waals surface area contributed by atoms with Crippen LogP contribution >= 0.6 is 0 Å². The second kappa shape index (κ2) is 5.35. The molecule has 0 radical (unpaired) electrons. The van der Waals surface area contributed by atoms with Crippen molar-refractivity contribution in [3.63, 3.8) is 0 Å². The van der Waals surface area contributed by atoms with E-state index in [-0.39, 0.29) is 10.6 Å². The van der Waals surface area contributed by atoms with Gasteiger partial charge in [-0.25, -0.2) is 13.6 Å². The molecule has 0 spiro atoms. The summed E-state index contributed by atoms with van der Waals surface area (Å²) in [6.45, 7) is 0. The van der Waals surface area contributed by atoms with Crippen molar-refractivity contribution in [3.05, 3.63) is 42.2 Å². The zero-order valence-corrected chi connectivity index (χ0v) is 11.4.